The van der Waals surface area contributed by atoms with E-state index in [0.717, 1.165) is 16.7 Å². The van der Waals surface area contributed by atoms with E-state index in [1.54, 1.807) is 32.1 Å². The molecule has 1 unspecified atom stereocenters. The lowest BCUT2D eigenvalue weighted by molar-refractivity contribution is -0.123. The van der Waals surface area contributed by atoms with Gasteiger partial charge in [-0.1, -0.05) is 68.4 Å². The van der Waals surface area contributed by atoms with E-state index in [0.29, 0.717) is 5.76 Å². The minimum absolute atomic E-state index is 0.0840. The summed E-state index contributed by atoms with van der Waals surface area (Å²) in [5.74, 6) is -2.20. The van der Waals surface area contributed by atoms with Gasteiger partial charge in [-0.3, -0.25) is 19.4 Å². The molecule has 0 aliphatic carbocycles. The smallest absolute Gasteiger partial charge is 0.244 e. The van der Waals surface area contributed by atoms with Crippen LogP contribution in [0.5, 0.6) is 11.8 Å². The maximum Gasteiger partial charge on any atom is 0.244 e. The van der Waals surface area contributed by atoms with Crippen LogP contribution in [-0.2, 0) is 9.59 Å². The molecule has 0 saturated carbocycles. The maximum atomic E-state index is 13.2. The summed E-state index contributed by atoms with van der Waals surface area (Å²) in [5.41, 5.74) is 3.10. The average molecular weight is 556 g/mol. The van der Waals surface area contributed by atoms with Gasteiger partial charge in [-0.05, 0) is 47.7 Å². The third-order valence-electron chi connectivity index (χ3n) is 6.75. The Morgan fingerprint density at radius 2 is 1.59 bits per heavy atom. The largest absolute Gasteiger partial charge is 0.494 e. The van der Waals surface area contributed by atoms with Crippen molar-refractivity contribution in [1.82, 2.24) is 15.6 Å². The number of Topliss-reactive ketones (excluding diaryl/α,β-unsaturated/α-hetero) is 1. The molecule has 2 atom stereocenters. The molecule has 9 heteroatoms. The molecule has 2 amide bonds. The van der Waals surface area contributed by atoms with Crippen LogP contribution < -0.4 is 10.6 Å². The number of H-pyrrole nitrogens is 1. The molecule has 0 fully saturated rings. The number of hydrogen-bond acceptors (Lipinski definition) is 6. The highest BCUT2D eigenvalue weighted by Gasteiger charge is 2.31. The molecule has 4 aromatic rings. The van der Waals surface area contributed by atoms with Crippen molar-refractivity contribution in [3.05, 3.63) is 102 Å². The van der Waals surface area contributed by atoms with Crippen molar-refractivity contribution in [3.8, 4) is 22.9 Å². The summed E-state index contributed by atoms with van der Waals surface area (Å²) in [4.78, 5) is 41.4. The fourth-order valence-corrected chi connectivity index (χ4v) is 4.50. The van der Waals surface area contributed by atoms with Crippen LogP contribution in [0.2, 0.25) is 0 Å². The number of aromatic nitrogens is 1. The predicted octanol–water partition coefficient (Wildman–Crippen LogP) is 5.28. The van der Waals surface area contributed by atoms with Crippen LogP contribution in [0.25, 0.3) is 17.2 Å². The first-order valence-corrected chi connectivity index (χ1v) is 13.3. The highest BCUT2D eigenvalue weighted by molar-refractivity contribution is 6.05. The number of benzene rings is 2. The summed E-state index contributed by atoms with van der Waals surface area (Å²) in [7, 11) is 0. The molecule has 4 rings (SSSR count). The second-order valence-corrected chi connectivity index (χ2v) is 10.1. The Morgan fingerprint density at radius 3 is 2.17 bits per heavy atom. The number of amides is 2. The fraction of sp³-hybridized carbons (Fsp3) is 0.219. The Hall–Kier alpha value is -5.05. The van der Waals surface area contributed by atoms with Gasteiger partial charge in [0.2, 0.25) is 17.7 Å². The Bertz CT molecular complexity index is 1520. The van der Waals surface area contributed by atoms with Crippen molar-refractivity contribution >= 4 is 23.7 Å². The number of carbonyl (C=O) groups excluding carboxylic acids is 3. The molecule has 2 aromatic heterocycles. The second-order valence-electron chi connectivity index (χ2n) is 10.1. The topological polar surface area (TPSA) is 145 Å². The first kappa shape index (κ1) is 28.9. The van der Waals surface area contributed by atoms with Crippen molar-refractivity contribution in [1.29, 1.82) is 0 Å². The summed E-state index contributed by atoms with van der Waals surface area (Å²) in [6, 6.07) is 19.3. The van der Waals surface area contributed by atoms with E-state index < -0.39 is 35.6 Å². The Morgan fingerprint density at radius 1 is 0.902 bits per heavy atom. The van der Waals surface area contributed by atoms with E-state index >= 15 is 0 Å². The first-order valence-electron chi connectivity index (χ1n) is 13.3. The van der Waals surface area contributed by atoms with Crippen molar-refractivity contribution in [2.45, 2.75) is 39.3 Å². The minimum atomic E-state index is -0.978. The van der Waals surface area contributed by atoms with Gasteiger partial charge in [-0.15, -0.1) is 0 Å². The normalized spacial score (nSPS) is 12.8. The Balaban J connectivity index is 1.42. The first-order chi connectivity index (χ1) is 19.6. The van der Waals surface area contributed by atoms with Gasteiger partial charge in [-0.25, -0.2) is 0 Å². The Kier molecular flexibility index (Phi) is 9.08. The molecule has 212 valence electrons. The molecule has 0 radical (unpaired) electrons. The molecule has 2 heterocycles. The molecule has 9 nitrogen and oxygen atoms in total. The monoisotopic (exact) mass is 555 g/mol. The van der Waals surface area contributed by atoms with Gasteiger partial charge in [0.05, 0.1) is 30.3 Å². The third-order valence-corrected chi connectivity index (χ3v) is 6.75. The van der Waals surface area contributed by atoms with Crippen molar-refractivity contribution < 1.29 is 29.0 Å². The molecule has 2 aromatic carbocycles. The number of nitrogens with one attached hydrogen (secondary N) is 3. The lowest BCUT2D eigenvalue weighted by atomic mass is 9.94. The van der Waals surface area contributed by atoms with Crippen LogP contribution in [0.3, 0.4) is 0 Å². The molecular weight excluding hydrogens is 522 g/mol. The summed E-state index contributed by atoms with van der Waals surface area (Å²) in [6.07, 6.45) is 4.31. The van der Waals surface area contributed by atoms with Gasteiger partial charge < -0.3 is 25.3 Å². The molecular formula is C32H33N3O6. The third kappa shape index (κ3) is 7.13. The quantitative estimate of drug-likeness (QED) is 0.126. The van der Waals surface area contributed by atoms with Gasteiger partial charge in [0.1, 0.15) is 5.76 Å². The van der Waals surface area contributed by atoms with E-state index in [2.05, 4.69) is 15.6 Å². The molecule has 41 heavy (non-hydrogen) atoms. The second kappa shape index (κ2) is 12.9. The number of hydrogen-bond donors (Lipinski definition) is 5. The average Bonchev–Trinajstić information content (AvgIpc) is 3.58. The van der Waals surface area contributed by atoms with Crippen LogP contribution >= 0.6 is 0 Å². The molecule has 5 N–H and O–H groups in total. The molecule has 0 bridgehead atoms. The van der Waals surface area contributed by atoms with Crippen LogP contribution in [0.1, 0.15) is 53.6 Å². The summed E-state index contributed by atoms with van der Waals surface area (Å²) >= 11 is 0. The maximum absolute atomic E-state index is 13.2. The lowest BCUT2D eigenvalue weighted by Gasteiger charge is -2.23. The zero-order valence-corrected chi connectivity index (χ0v) is 23.0. The summed E-state index contributed by atoms with van der Waals surface area (Å²) in [6.45, 7) is 5.00. The number of furan rings is 1. The van der Waals surface area contributed by atoms with Crippen LogP contribution in [0.4, 0.5) is 0 Å². The van der Waals surface area contributed by atoms with E-state index in [9.17, 15) is 24.6 Å². The number of aromatic amines is 1. The highest BCUT2D eigenvalue weighted by Crippen LogP contribution is 2.30. The highest BCUT2D eigenvalue weighted by atomic mass is 16.3. The lowest BCUT2D eigenvalue weighted by Crippen LogP contribution is -2.45. The van der Waals surface area contributed by atoms with E-state index in [-0.39, 0.29) is 29.3 Å². The number of carbonyl (C=O) groups is 3. The van der Waals surface area contributed by atoms with Gasteiger partial charge in [0.15, 0.2) is 11.7 Å². The zero-order chi connectivity index (χ0) is 29.5. The molecule has 0 aliphatic rings. The van der Waals surface area contributed by atoms with E-state index in [4.69, 9.17) is 4.42 Å². The van der Waals surface area contributed by atoms with Crippen molar-refractivity contribution in [2.24, 2.45) is 5.92 Å². The molecule has 0 spiro atoms. The minimum Gasteiger partial charge on any atom is -0.494 e. The number of rotatable bonds is 11. The van der Waals surface area contributed by atoms with Gasteiger partial charge in [-0.2, -0.15) is 0 Å². The van der Waals surface area contributed by atoms with Crippen molar-refractivity contribution in [2.75, 3.05) is 0 Å². The molecule has 0 aliphatic heterocycles. The van der Waals surface area contributed by atoms with Gasteiger partial charge in [0.25, 0.3) is 0 Å². The van der Waals surface area contributed by atoms with Gasteiger partial charge in [0, 0.05) is 11.6 Å². The number of aromatic hydroxyl groups is 2. The van der Waals surface area contributed by atoms with E-state index in [1.807, 2.05) is 54.6 Å². The summed E-state index contributed by atoms with van der Waals surface area (Å²) < 4.78 is 5.47. The standard InChI is InChI=1S/C32H33N3O6/c1-19(2)29(30(38)28-20(3)31(39)35-32(28)40)34-27(37)18-24(25-10-7-17-41-25)33-26(36)16-13-21-11-14-23(15-12-21)22-8-5-4-6-9-22/h4-17,19,24,29,35,39-40H,18H2,1-3H3,(H,33,36)(H,34,37)/t24?,29-/m0/s1. The van der Waals surface area contributed by atoms with Crippen LogP contribution in [0, 0.1) is 12.8 Å². The van der Waals surface area contributed by atoms with Gasteiger partial charge >= 0.3 is 0 Å². The number of ketones is 1. The zero-order valence-electron chi connectivity index (χ0n) is 23.0. The predicted molar refractivity (Wildman–Crippen MR) is 155 cm³/mol. The molecule has 0 saturated heterocycles. The van der Waals surface area contributed by atoms with Crippen LogP contribution in [0.15, 0.2) is 83.5 Å². The van der Waals surface area contributed by atoms with Crippen molar-refractivity contribution in [3.63, 3.8) is 0 Å². The SMILES string of the molecule is Cc1c(O)[nH]c(O)c1C(=O)[C@@H](NC(=O)CC(NC(=O)C=Cc1ccc(-c2ccccc2)cc1)c1ccco1)C(C)C. The van der Waals surface area contributed by atoms with E-state index in [1.165, 1.54) is 19.3 Å². The van der Waals surface area contributed by atoms with Crippen LogP contribution in [-0.4, -0.2) is 38.8 Å². The fourth-order valence-electron chi connectivity index (χ4n) is 4.50. The Labute approximate surface area is 237 Å². The summed E-state index contributed by atoms with van der Waals surface area (Å²) in [5, 5.41) is 25.5.